The van der Waals surface area contributed by atoms with Crippen molar-refractivity contribution in [3.05, 3.63) is 0 Å². The highest BCUT2D eigenvalue weighted by molar-refractivity contribution is 5.02. The van der Waals surface area contributed by atoms with Crippen molar-refractivity contribution < 1.29 is 5.11 Å². The van der Waals surface area contributed by atoms with Crippen LogP contribution in [0.15, 0.2) is 0 Å². The van der Waals surface area contributed by atoms with Crippen molar-refractivity contribution in [1.29, 1.82) is 0 Å². The minimum Gasteiger partial charge on any atom is -0.393 e. The van der Waals surface area contributed by atoms with E-state index in [1.807, 2.05) is 0 Å². The van der Waals surface area contributed by atoms with Crippen LogP contribution in [-0.2, 0) is 0 Å². The molecule has 0 heterocycles. The van der Waals surface area contributed by atoms with Gasteiger partial charge in [-0.3, -0.25) is 0 Å². The predicted octanol–water partition coefficient (Wildman–Crippen LogP) is 1.80. The molecule has 2 rings (SSSR count). The van der Waals surface area contributed by atoms with Gasteiger partial charge in [-0.05, 0) is 36.5 Å². The Kier molecular flexibility index (Phi) is 1.17. The van der Waals surface area contributed by atoms with Crippen LogP contribution < -0.4 is 0 Å². The first-order valence-electron chi connectivity index (χ1n) is 4.30. The van der Waals surface area contributed by atoms with E-state index >= 15 is 0 Å². The van der Waals surface area contributed by atoms with Gasteiger partial charge in [0, 0.05) is 0 Å². The molecule has 1 heteroatoms. The SMILES string of the molecule is CC1(C)[C@H](O)C[C@H]2CC[C@@H]21. The Balaban J connectivity index is 2.19. The maximum absolute atomic E-state index is 9.64. The lowest BCUT2D eigenvalue weighted by atomic mass is 9.67. The summed E-state index contributed by atoms with van der Waals surface area (Å²) in [4.78, 5) is 0. The van der Waals surface area contributed by atoms with E-state index < -0.39 is 0 Å². The van der Waals surface area contributed by atoms with Gasteiger partial charge in [-0.2, -0.15) is 0 Å². The maximum atomic E-state index is 9.64. The van der Waals surface area contributed by atoms with Crippen molar-refractivity contribution in [3.63, 3.8) is 0 Å². The third-order valence-corrected chi connectivity index (χ3v) is 3.76. The zero-order chi connectivity index (χ0) is 7.35. The van der Waals surface area contributed by atoms with Gasteiger partial charge >= 0.3 is 0 Å². The standard InChI is InChI=1S/C9H16O/c1-9(2)7-4-3-6(7)5-8(9)10/h6-8,10H,3-5H2,1-2H3/t6-,7+,8-/m1/s1. The summed E-state index contributed by atoms with van der Waals surface area (Å²) in [5.74, 6) is 1.70. The van der Waals surface area contributed by atoms with Gasteiger partial charge in [0.2, 0.25) is 0 Å². The summed E-state index contributed by atoms with van der Waals surface area (Å²) in [7, 11) is 0. The summed E-state index contributed by atoms with van der Waals surface area (Å²) in [6, 6.07) is 0. The average Bonchev–Trinajstić information content (AvgIpc) is 1.88. The van der Waals surface area contributed by atoms with E-state index in [1.165, 1.54) is 12.8 Å². The van der Waals surface area contributed by atoms with Crippen LogP contribution in [0.5, 0.6) is 0 Å². The summed E-state index contributed by atoms with van der Waals surface area (Å²) in [5.41, 5.74) is 0.225. The van der Waals surface area contributed by atoms with Gasteiger partial charge in [0.05, 0.1) is 6.10 Å². The number of fused-ring (bicyclic) bond motifs is 1. The molecule has 58 valence electrons. The zero-order valence-electron chi connectivity index (χ0n) is 6.80. The number of hydrogen-bond donors (Lipinski definition) is 1. The van der Waals surface area contributed by atoms with Gasteiger partial charge in [-0.15, -0.1) is 0 Å². The molecule has 2 aliphatic rings. The van der Waals surface area contributed by atoms with Crippen molar-refractivity contribution in [2.75, 3.05) is 0 Å². The van der Waals surface area contributed by atoms with E-state index in [4.69, 9.17) is 0 Å². The molecule has 0 amide bonds. The van der Waals surface area contributed by atoms with E-state index in [0.29, 0.717) is 0 Å². The van der Waals surface area contributed by atoms with E-state index in [1.54, 1.807) is 0 Å². The summed E-state index contributed by atoms with van der Waals surface area (Å²) in [6.07, 6.45) is 3.77. The Morgan fingerprint density at radius 1 is 1.30 bits per heavy atom. The number of aliphatic hydroxyl groups excluding tert-OH is 1. The molecule has 0 radical (unpaired) electrons. The van der Waals surface area contributed by atoms with Crippen molar-refractivity contribution in [3.8, 4) is 0 Å². The molecule has 2 saturated carbocycles. The van der Waals surface area contributed by atoms with Crippen LogP contribution in [0.4, 0.5) is 0 Å². The fourth-order valence-corrected chi connectivity index (χ4v) is 2.67. The molecule has 0 aliphatic heterocycles. The topological polar surface area (TPSA) is 20.2 Å². The normalized spacial score (nSPS) is 50.1. The zero-order valence-corrected chi connectivity index (χ0v) is 6.80. The fraction of sp³-hybridized carbons (Fsp3) is 1.00. The first-order valence-corrected chi connectivity index (χ1v) is 4.30. The molecular weight excluding hydrogens is 124 g/mol. The molecule has 1 nitrogen and oxygen atoms in total. The van der Waals surface area contributed by atoms with E-state index in [-0.39, 0.29) is 11.5 Å². The number of aliphatic hydroxyl groups is 1. The quantitative estimate of drug-likeness (QED) is 0.544. The van der Waals surface area contributed by atoms with Crippen LogP contribution >= 0.6 is 0 Å². The Labute approximate surface area is 62.4 Å². The Hall–Kier alpha value is -0.0400. The van der Waals surface area contributed by atoms with Crippen LogP contribution in [0.2, 0.25) is 0 Å². The summed E-state index contributed by atoms with van der Waals surface area (Å²) in [6.45, 7) is 4.42. The lowest BCUT2D eigenvalue weighted by molar-refractivity contribution is 0.0360. The summed E-state index contributed by atoms with van der Waals surface area (Å²) >= 11 is 0. The third-order valence-electron chi connectivity index (χ3n) is 3.76. The number of hydrogen-bond acceptors (Lipinski definition) is 1. The van der Waals surface area contributed by atoms with Gasteiger partial charge in [0.15, 0.2) is 0 Å². The van der Waals surface area contributed by atoms with Crippen molar-refractivity contribution in [2.45, 2.75) is 39.2 Å². The second-order valence-corrected chi connectivity index (χ2v) is 4.52. The molecule has 0 aromatic heterocycles. The largest absolute Gasteiger partial charge is 0.393 e. The first-order chi connectivity index (χ1) is 4.62. The minimum atomic E-state index is -0.0231. The molecule has 3 atom stereocenters. The monoisotopic (exact) mass is 140 g/mol. The molecular formula is C9H16O. The van der Waals surface area contributed by atoms with E-state index in [9.17, 15) is 5.11 Å². The summed E-state index contributed by atoms with van der Waals surface area (Å²) < 4.78 is 0. The molecule has 2 fully saturated rings. The predicted molar refractivity (Wildman–Crippen MR) is 40.6 cm³/mol. The molecule has 0 spiro atoms. The molecule has 0 aromatic carbocycles. The van der Waals surface area contributed by atoms with E-state index in [2.05, 4.69) is 13.8 Å². The molecule has 0 saturated heterocycles. The first kappa shape index (κ1) is 6.66. The van der Waals surface area contributed by atoms with Gasteiger partial charge in [0.25, 0.3) is 0 Å². The molecule has 0 aromatic rings. The Morgan fingerprint density at radius 3 is 2.20 bits per heavy atom. The fourth-order valence-electron chi connectivity index (χ4n) is 2.67. The van der Waals surface area contributed by atoms with Crippen molar-refractivity contribution >= 4 is 0 Å². The van der Waals surface area contributed by atoms with E-state index in [0.717, 1.165) is 18.3 Å². The highest BCUT2D eigenvalue weighted by Gasteiger charge is 2.52. The highest BCUT2D eigenvalue weighted by Crippen LogP contribution is 2.56. The van der Waals surface area contributed by atoms with Gasteiger partial charge in [-0.1, -0.05) is 13.8 Å². The van der Waals surface area contributed by atoms with Crippen LogP contribution in [-0.4, -0.2) is 11.2 Å². The summed E-state index contributed by atoms with van der Waals surface area (Å²) in [5, 5.41) is 9.64. The van der Waals surface area contributed by atoms with Crippen LogP contribution in [0, 0.1) is 17.3 Å². The lowest BCUT2D eigenvalue weighted by Gasteiger charge is -2.39. The lowest BCUT2D eigenvalue weighted by Crippen LogP contribution is -2.33. The molecule has 10 heavy (non-hydrogen) atoms. The molecule has 2 aliphatic carbocycles. The van der Waals surface area contributed by atoms with Crippen LogP contribution in [0.3, 0.4) is 0 Å². The van der Waals surface area contributed by atoms with Gasteiger partial charge in [0.1, 0.15) is 0 Å². The van der Waals surface area contributed by atoms with Crippen LogP contribution in [0.25, 0.3) is 0 Å². The van der Waals surface area contributed by atoms with Crippen molar-refractivity contribution in [1.82, 2.24) is 0 Å². The van der Waals surface area contributed by atoms with Crippen LogP contribution in [0.1, 0.15) is 33.1 Å². The second kappa shape index (κ2) is 1.76. The maximum Gasteiger partial charge on any atom is 0.0596 e. The van der Waals surface area contributed by atoms with Crippen molar-refractivity contribution in [2.24, 2.45) is 17.3 Å². The third kappa shape index (κ3) is 0.619. The van der Waals surface area contributed by atoms with Gasteiger partial charge in [-0.25, -0.2) is 0 Å². The second-order valence-electron chi connectivity index (χ2n) is 4.52. The smallest absolute Gasteiger partial charge is 0.0596 e. The Bertz CT molecular complexity index is 151. The van der Waals surface area contributed by atoms with Gasteiger partial charge < -0.3 is 5.11 Å². The Morgan fingerprint density at radius 2 is 2.00 bits per heavy atom. The molecule has 0 bridgehead atoms. The number of rotatable bonds is 0. The highest BCUT2D eigenvalue weighted by atomic mass is 16.3. The minimum absolute atomic E-state index is 0.0231. The molecule has 1 N–H and O–H groups in total. The average molecular weight is 140 g/mol. The molecule has 0 unspecified atom stereocenters.